The van der Waals surface area contributed by atoms with Gasteiger partial charge in [0.05, 0.1) is 18.7 Å². The zero-order valence-corrected chi connectivity index (χ0v) is 18.7. The predicted octanol–water partition coefficient (Wildman–Crippen LogP) is 2.62. The molecule has 32 heavy (non-hydrogen) atoms. The first-order chi connectivity index (χ1) is 15.4. The lowest BCUT2D eigenvalue weighted by atomic mass is 9.95. The number of carbonyl (C=O) groups is 2. The van der Waals surface area contributed by atoms with Crippen LogP contribution >= 0.6 is 11.6 Å². The molecule has 3 aromatic rings. The minimum Gasteiger partial charge on any atom is -0.493 e. The van der Waals surface area contributed by atoms with Crippen LogP contribution in [-0.4, -0.2) is 68.5 Å². The summed E-state index contributed by atoms with van der Waals surface area (Å²) in [4.78, 5) is 34.0. The molecule has 2 saturated heterocycles. The smallest absolute Gasteiger partial charge is 0.256 e. The highest BCUT2D eigenvalue weighted by molar-refractivity contribution is 6.30. The van der Waals surface area contributed by atoms with Crippen LogP contribution in [0.2, 0.25) is 5.02 Å². The Morgan fingerprint density at radius 3 is 2.84 bits per heavy atom. The van der Waals surface area contributed by atoms with E-state index >= 15 is 0 Å². The van der Waals surface area contributed by atoms with Gasteiger partial charge in [-0.05, 0) is 43.5 Å². The molecule has 166 valence electrons. The van der Waals surface area contributed by atoms with Crippen molar-refractivity contribution in [1.29, 1.82) is 0 Å². The van der Waals surface area contributed by atoms with Crippen LogP contribution in [-0.2, 0) is 17.6 Å². The number of halogens is 1. The zero-order chi connectivity index (χ0) is 22.4. The van der Waals surface area contributed by atoms with Crippen molar-refractivity contribution in [2.75, 3.05) is 20.2 Å². The maximum Gasteiger partial charge on any atom is 0.256 e. The molecule has 1 aromatic carbocycles. The summed E-state index contributed by atoms with van der Waals surface area (Å²) in [6, 6.07) is 9.03. The van der Waals surface area contributed by atoms with Crippen LogP contribution in [0.5, 0.6) is 5.75 Å². The highest BCUT2D eigenvalue weighted by Crippen LogP contribution is 2.29. The van der Waals surface area contributed by atoms with Crippen LogP contribution < -0.4 is 4.74 Å². The number of aryl methyl sites for hydroxylation is 2. The minimum absolute atomic E-state index is 0.0120. The second kappa shape index (κ2) is 8.09. The van der Waals surface area contributed by atoms with Crippen molar-refractivity contribution in [1.82, 2.24) is 24.4 Å². The van der Waals surface area contributed by atoms with Crippen molar-refractivity contribution in [2.45, 2.75) is 38.3 Å². The summed E-state index contributed by atoms with van der Waals surface area (Å²) in [7, 11) is 1.54. The maximum atomic E-state index is 13.3. The van der Waals surface area contributed by atoms with Gasteiger partial charge in [0.2, 0.25) is 5.91 Å². The van der Waals surface area contributed by atoms with Gasteiger partial charge in [-0.25, -0.2) is 9.50 Å². The molecule has 0 saturated carbocycles. The highest BCUT2D eigenvalue weighted by atomic mass is 35.5. The number of benzene rings is 1. The molecular formula is C23H24ClN5O3. The summed E-state index contributed by atoms with van der Waals surface area (Å²) in [5, 5.41) is 5.27. The number of rotatable bonds is 5. The molecule has 9 heteroatoms. The van der Waals surface area contributed by atoms with Crippen molar-refractivity contribution < 1.29 is 14.3 Å². The average Bonchev–Trinajstić information content (AvgIpc) is 3.18. The Labute approximate surface area is 190 Å². The fraction of sp³-hybridized carbons (Fsp3) is 0.391. The number of pyridine rings is 1. The first-order valence-electron chi connectivity index (χ1n) is 10.7. The molecule has 2 amide bonds. The first-order valence-corrected chi connectivity index (χ1v) is 11.1. The van der Waals surface area contributed by atoms with Gasteiger partial charge >= 0.3 is 0 Å². The van der Waals surface area contributed by atoms with E-state index in [1.165, 1.54) is 0 Å². The number of amides is 2. The third-order valence-corrected chi connectivity index (χ3v) is 6.59. The Balaban J connectivity index is 1.40. The lowest BCUT2D eigenvalue weighted by Gasteiger charge is -2.50. The van der Waals surface area contributed by atoms with E-state index in [4.69, 9.17) is 16.3 Å². The number of hydrogen-bond acceptors (Lipinski definition) is 5. The van der Waals surface area contributed by atoms with Gasteiger partial charge in [-0.3, -0.25) is 9.59 Å². The normalized spacial score (nSPS) is 20.3. The van der Waals surface area contributed by atoms with E-state index in [2.05, 4.69) is 10.1 Å². The van der Waals surface area contributed by atoms with Crippen molar-refractivity contribution in [2.24, 2.45) is 0 Å². The average molecular weight is 454 g/mol. The van der Waals surface area contributed by atoms with Gasteiger partial charge in [0.1, 0.15) is 6.04 Å². The summed E-state index contributed by atoms with van der Waals surface area (Å²) in [5.41, 5.74) is 2.08. The molecule has 8 nitrogen and oxygen atoms in total. The Bertz CT molecular complexity index is 1210. The van der Waals surface area contributed by atoms with E-state index in [0.717, 1.165) is 24.9 Å². The van der Waals surface area contributed by atoms with Gasteiger partial charge in [-0.1, -0.05) is 23.7 Å². The summed E-state index contributed by atoms with van der Waals surface area (Å²) in [5.74, 6) is 0.935. The quantitative estimate of drug-likeness (QED) is 0.593. The van der Waals surface area contributed by atoms with Crippen molar-refractivity contribution in [3.05, 3.63) is 58.5 Å². The van der Waals surface area contributed by atoms with E-state index in [1.54, 1.807) is 35.7 Å². The number of methoxy groups -OCH3 is 1. The molecule has 2 fully saturated rings. The molecule has 2 aromatic heterocycles. The molecule has 0 radical (unpaired) electrons. The third kappa shape index (κ3) is 3.58. The minimum atomic E-state index is -0.482. The molecule has 2 aliphatic rings. The Morgan fingerprint density at radius 1 is 1.28 bits per heavy atom. The van der Waals surface area contributed by atoms with E-state index in [1.807, 2.05) is 29.2 Å². The van der Waals surface area contributed by atoms with E-state index in [0.29, 0.717) is 40.8 Å². The van der Waals surface area contributed by atoms with E-state index in [-0.39, 0.29) is 17.9 Å². The molecule has 5 rings (SSSR count). The van der Waals surface area contributed by atoms with E-state index < -0.39 is 6.04 Å². The molecule has 2 unspecified atom stereocenters. The SMILES string of the molecule is COc1cc(C(=O)N2CC3CCN3C(=O)C2C)cn2nc(CCc3cccc(Cl)c3)nc12. The summed E-state index contributed by atoms with van der Waals surface area (Å²) in [6.45, 7) is 3.12. The van der Waals surface area contributed by atoms with Crippen LogP contribution in [0.25, 0.3) is 5.65 Å². The van der Waals surface area contributed by atoms with Gasteiger partial charge in [0, 0.05) is 30.7 Å². The molecule has 0 spiro atoms. The summed E-state index contributed by atoms with van der Waals surface area (Å²) in [6.07, 6.45) is 3.98. The maximum absolute atomic E-state index is 13.3. The summed E-state index contributed by atoms with van der Waals surface area (Å²) >= 11 is 6.07. The van der Waals surface area contributed by atoms with Gasteiger partial charge in [-0.2, -0.15) is 5.10 Å². The number of carbonyl (C=O) groups excluding carboxylic acids is 2. The lowest BCUT2D eigenvalue weighted by molar-refractivity contribution is -0.150. The fourth-order valence-corrected chi connectivity index (χ4v) is 4.64. The fourth-order valence-electron chi connectivity index (χ4n) is 4.43. The van der Waals surface area contributed by atoms with Crippen molar-refractivity contribution in [3.8, 4) is 5.75 Å². The molecule has 2 atom stereocenters. The predicted molar refractivity (Wildman–Crippen MR) is 119 cm³/mol. The van der Waals surface area contributed by atoms with Gasteiger partial charge in [0.15, 0.2) is 17.2 Å². The molecule has 0 bridgehead atoms. The Hall–Kier alpha value is -3.13. The number of fused-ring (bicyclic) bond motifs is 2. The standard InChI is InChI=1S/C23H24ClN5O3/c1-14-22(30)27-9-8-18(27)13-28(14)23(31)16-11-19(32-2)21-25-20(26-29(21)12-16)7-6-15-4-3-5-17(24)10-15/h3-5,10-12,14,18H,6-9,13H2,1-2H3. The number of ether oxygens (including phenoxy) is 1. The number of piperazine rings is 1. The van der Waals surface area contributed by atoms with Crippen LogP contribution in [0, 0.1) is 0 Å². The lowest BCUT2D eigenvalue weighted by Crippen LogP contribution is -2.67. The van der Waals surface area contributed by atoms with Crippen molar-refractivity contribution in [3.63, 3.8) is 0 Å². The van der Waals surface area contributed by atoms with Gasteiger partial charge < -0.3 is 14.5 Å². The largest absolute Gasteiger partial charge is 0.493 e. The number of nitrogens with zero attached hydrogens (tertiary/aromatic N) is 5. The zero-order valence-electron chi connectivity index (χ0n) is 18.0. The molecule has 0 aliphatic carbocycles. The second-order valence-corrected chi connectivity index (χ2v) is 8.77. The van der Waals surface area contributed by atoms with Crippen LogP contribution in [0.3, 0.4) is 0 Å². The molecule has 2 aliphatic heterocycles. The number of hydrogen-bond donors (Lipinski definition) is 0. The molecular weight excluding hydrogens is 430 g/mol. The van der Waals surface area contributed by atoms with Crippen LogP contribution in [0.1, 0.15) is 35.1 Å². The third-order valence-electron chi connectivity index (χ3n) is 6.36. The van der Waals surface area contributed by atoms with Crippen LogP contribution in [0.4, 0.5) is 0 Å². The summed E-state index contributed by atoms with van der Waals surface area (Å²) < 4.78 is 7.10. The molecule has 0 N–H and O–H groups in total. The Kier molecular flexibility index (Phi) is 5.25. The second-order valence-electron chi connectivity index (χ2n) is 8.33. The monoisotopic (exact) mass is 453 g/mol. The van der Waals surface area contributed by atoms with Crippen molar-refractivity contribution >= 4 is 29.1 Å². The molecule has 4 heterocycles. The topological polar surface area (TPSA) is 80.0 Å². The first kappa shape index (κ1) is 20.8. The highest BCUT2D eigenvalue weighted by Gasteiger charge is 2.44. The van der Waals surface area contributed by atoms with Gasteiger partial charge in [-0.15, -0.1) is 0 Å². The number of aromatic nitrogens is 3. The van der Waals surface area contributed by atoms with E-state index in [9.17, 15) is 9.59 Å². The van der Waals surface area contributed by atoms with Crippen LogP contribution in [0.15, 0.2) is 36.5 Å². The Morgan fingerprint density at radius 2 is 2.12 bits per heavy atom. The van der Waals surface area contributed by atoms with Gasteiger partial charge in [0.25, 0.3) is 5.91 Å².